The molecular formula is C24H15F10NO2. The lowest BCUT2D eigenvalue weighted by atomic mass is 9.96. The molecule has 0 saturated heterocycles. The second-order valence-corrected chi connectivity index (χ2v) is 8.02. The lowest BCUT2D eigenvalue weighted by molar-refractivity contribution is -0.253. The Morgan fingerprint density at radius 1 is 0.811 bits per heavy atom. The van der Waals surface area contributed by atoms with Crippen LogP contribution < -0.4 is 14.8 Å². The van der Waals surface area contributed by atoms with Crippen molar-refractivity contribution in [3.8, 4) is 22.6 Å². The average molecular weight is 539 g/mol. The molecule has 0 unspecified atom stereocenters. The minimum Gasteiger partial charge on any atom is -0.488 e. The molecule has 3 nitrogen and oxygen atoms in total. The van der Waals surface area contributed by atoms with E-state index < -0.39 is 47.8 Å². The summed E-state index contributed by atoms with van der Waals surface area (Å²) in [6.07, 6.45) is -18.9. The molecule has 0 bridgehead atoms. The summed E-state index contributed by atoms with van der Waals surface area (Å²) in [5.74, 6) is -0.573. The van der Waals surface area contributed by atoms with Gasteiger partial charge in [-0.3, -0.25) is 0 Å². The fourth-order valence-electron chi connectivity index (χ4n) is 3.72. The smallest absolute Gasteiger partial charge is 0.461 e. The minimum absolute atomic E-state index is 0.0145. The highest BCUT2D eigenvalue weighted by molar-refractivity contribution is 5.80. The standard InChI is InChI=1S/C24H15F10NO2/c25-21(26)24(33,34)37-16-4-1-3-12(9-16)19-11-36-20-17(5-2-6-18(20)35-19)13-7-14(22(27,28)29)10-15(8-13)23(30,31)32/h1-10,19,21,35H,11H2/t19-/m1/s1. The number of hydrogen-bond acceptors (Lipinski definition) is 3. The molecule has 1 heterocycles. The van der Waals surface area contributed by atoms with Crippen molar-refractivity contribution in [1.29, 1.82) is 0 Å². The molecule has 0 amide bonds. The Balaban J connectivity index is 1.67. The van der Waals surface area contributed by atoms with Crippen LogP contribution in [0.5, 0.6) is 11.5 Å². The third-order valence-corrected chi connectivity index (χ3v) is 5.41. The van der Waals surface area contributed by atoms with Gasteiger partial charge in [-0.1, -0.05) is 24.3 Å². The molecular weight excluding hydrogens is 524 g/mol. The first-order valence-corrected chi connectivity index (χ1v) is 10.4. The zero-order chi connectivity index (χ0) is 27.2. The molecule has 37 heavy (non-hydrogen) atoms. The van der Waals surface area contributed by atoms with Crippen molar-refractivity contribution in [1.82, 2.24) is 0 Å². The molecule has 0 radical (unpaired) electrons. The molecule has 4 rings (SSSR count). The van der Waals surface area contributed by atoms with Crippen LogP contribution in [-0.2, 0) is 12.4 Å². The highest BCUT2D eigenvalue weighted by Gasteiger charge is 2.44. The molecule has 3 aromatic rings. The fourth-order valence-corrected chi connectivity index (χ4v) is 3.72. The van der Waals surface area contributed by atoms with Gasteiger partial charge in [-0.15, -0.1) is 0 Å². The van der Waals surface area contributed by atoms with E-state index in [1.54, 1.807) is 0 Å². The Bertz CT molecular complexity index is 1260. The maximum atomic E-state index is 13.3. The van der Waals surface area contributed by atoms with Crippen LogP contribution in [0, 0.1) is 0 Å². The number of halogens is 10. The Morgan fingerprint density at radius 3 is 2.03 bits per heavy atom. The second-order valence-electron chi connectivity index (χ2n) is 8.02. The first-order valence-electron chi connectivity index (χ1n) is 10.4. The molecule has 3 aromatic carbocycles. The number of benzene rings is 3. The maximum absolute atomic E-state index is 13.3. The van der Waals surface area contributed by atoms with Crippen molar-refractivity contribution in [2.24, 2.45) is 0 Å². The Labute approximate surface area is 202 Å². The molecule has 0 fully saturated rings. The van der Waals surface area contributed by atoms with Crippen molar-refractivity contribution in [2.45, 2.75) is 30.9 Å². The van der Waals surface area contributed by atoms with Gasteiger partial charge in [0.25, 0.3) is 0 Å². The van der Waals surface area contributed by atoms with Crippen molar-refractivity contribution in [2.75, 3.05) is 11.9 Å². The summed E-state index contributed by atoms with van der Waals surface area (Å²) in [5, 5.41) is 2.97. The van der Waals surface area contributed by atoms with Crippen LogP contribution >= 0.6 is 0 Å². The molecule has 1 aliphatic heterocycles. The summed E-state index contributed by atoms with van der Waals surface area (Å²) in [4.78, 5) is 0. The van der Waals surface area contributed by atoms with Gasteiger partial charge in [-0.25, -0.2) is 0 Å². The summed E-state index contributed by atoms with van der Waals surface area (Å²) >= 11 is 0. The Morgan fingerprint density at radius 2 is 1.43 bits per heavy atom. The monoisotopic (exact) mass is 539 g/mol. The number of ether oxygens (including phenoxy) is 2. The number of alkyl halides is 10. The van der Waals surface area contributed by atoms with Crippen molar-refractivity contribution in [3.05, 3.63) is 77.4 Å². The summed E-state index contributed by atoms with van der Waals surface area (Å²) in [6.45, 7) is -0.218. The van der Waals surface area contributed by atoms with Crippen LogP contribution in [0.3, 0.4) is 0 Å². The largest absolute Gasteiger partial charge is 0.488 e. The van der Waals surface area contributed by atoms with Gasteiger partial charge in [0.2, 0.25) is 0 Å². The van der Waals surface area contributed by atoms with Gasteiger partial charge in [0.15, 0.2) is 0 Å². The summed E-state index contributed by atoms with van der Waals surface area (Å²) in [7, 11) is 0. The number of para-hydroxylation sites is 1. The lowest BCUT2D eigenvalue weighted by Crippen LogP contribution is -2.33. The molecule has 0 saturated carbocycles. The molecule has 1 N–H and O–H groups in total. The van der Waals surface area contributed by atoms with E-state index in [1.807, 2.05) is 0 Å². The van der Waals surface area contributed by atoms with Crippen LogP contribution in [-0.4, -0.2) is 19.1 Å². The van der Waals surface area contributed by atoms with E-state index in [9.17, 15) is 43.9 Å². The third-order valence-electron chi connectivity index (χ3n) is 5.41. The van der Waals surface area contributed by atoms with E-state index in [2.05, 4.69) is 10.1 Å². The molecule has 0 aromatic heterocycles. The number of fused-ring (bicyclic) bond motifs is 1. The predicted octanol–water partition coefficient (Wildman–Crippen LogP) is 8.17. The highest BCUT2D eigenvalue weighted by Crippen LogP contribution is 2.45. The van der Waals surface area contributed by atoms with Gasteiger partial charge in [0, 0.05) is 5.56 Å². The Hall–Kier alpha value is -3.64. The van der Waals surface area contributed by atoms with Crippen LogP contribution in [0.25, 0.3) is 11.1 Å². The fraction of sp³-hybridized carbons (Fsp3) is 0.250. The van der Waals surface area contributed by atoms with E-state index in [1.165, 1.54) is 30.3 Å². The van der Waals surface area contributed by atoms with Gasteiger partial charge in [0.1, 0.15) is 18.1 Å². The van der Waals surface area contributed by atoms with Crippen molar-refractivity contribution in [3.63, 3.8) is 0 Å². The highest BCUT2D eigenvalue weighted by atomic mass is 19.4. The zero-order valence-corrected chi connectivity index (χ0v) is 18.2. The topological polar surface area (TPSA) is 30.5 Å². The molecule has 13 heteroatoms. The van der Waals surface area contributed by atoms with Crippen LogP contribution in [0.4, 0.5) is 49.6 Å². The lowest BCUT2D eigenvalue weighted by Gasteiger charge is -2.30. The summed E-state index contributed by atoms with van der Waals surface area (Å²) in [6, 6.07) is 9.41. The normalized spacial score (nSPS) is 16.1. The number of hydrogen-bond donors (Lipinski definition) is 1. The second kappa shape index (κ2) is 9.34. The Kier molecular flexibility index (Phi) is 6.67. The van der Waals surface area contributed by atoms with Gasteiger partial charge in [0.05, 0.1) is 22.9 Å². The molecule has 0 aliphatic carbocycles. The molecule has 1 atom stereocenters. The van der Waals surface area contributed by atoms with Crippen LogP contribution in [0.15, 0.2) is 60.7 Å². The SMILES string of the molecule is FC(F)C(F)(F)Oc1cccc([C@H]2COc3c(cccc3-c3cc(C(F)(F)F)cc(C(F)(F)F)c3)N2)c1. The average Bonchev–Trinajstić information content (AvgIpc) is 2.81. The van der Waals surface area contributed by atoms with E-state index in [-0.39, 0.29) is 40.8 Å². The van der Waals surface area contributed by atoms with E-state index in [0.29, 0.717) is 12.1 Å². The van der Waals surface area contributed by atoms with E-state index >= 15 is 0 Å². The van der Waals surface area contributed by atoms with Crippen molar-refractivity contribution >= 4 is 5.69 Å². The quantitative estimate of drug-likeness (QED) is 0.332. The first kappa shape index (κ1) is 26.4. The van der Waals surface area contributed by atoms with E-state index in [4.69, 9.17) is 4.74 Å². The first-order chi connectivity index (χ1) is 17.1. The summed E-state index contributed by atoms with van der Waals surface area (Å²) < 4.78 is 141. The van der Waals surface area contributed by atoms with Gasteiger partial charge in [-0.05, 0) is 47.5 Å². The molecule has 0 spiro atoms. The number of anilines is 1. The van der Waals surface area contributed by atoms with E-state index in [0.717, 1.165) is 12.1 Å². The third kappa shape index (κ3) is 5.70. The predicted molar refractivity (Wildman–Crippen MR) is 112 cm³/mol. The zero-order valence-electron chi connectivity index (χ0n) is 18.2. The van der Waals surface area contributed by atoms with Gasteiger partial charge >= 0.3 is 24.9 Å². The number of rotatable bonds is 5. The minimum atomic E-state index is -5.04. The number of nitrogens with one attached hydrogen (secondary N) is 1. The summed E-state index contributed by atoms with van der Waals surface area (Å²) in [5.41, 5.74) is -2.93. The maximum Gasteiger partial charge on any atom is 0.461 e. The van der Waals surface area contributed by atoms with Crippen LogP contribution in [0.1, 0.15) is 22.7 Å². The van der Waals surface area contributed by atoms with Gasteiger partial charge in [-0.2, -0.15) is 43.9 Å². The molecule has 198 valence electrons. The van der Waals surface area contributed by atoms with Crippen molar-refractivity contribution < 1.29 is 53.4 Å². The van der Waals surface area contributed by atoms with Gasteiger partial charge < -0.3 is 14.8 Å². The van der Waals surface area contributed by atoms with Crippen LogP contribution in [0.2, 0.25) is 0 Å². The molecule has 1 aliphatic rings.